The van der Waals surface area contributed by atoms with Crippen molar-refractivity contribution in [2.24, 2.45) is 0 Å². The summed E-state index contributed by atoms with van der Waals surface area (Å²) in [5.41, 5.74) is 0. The summed E-state index contributed by atoms with van der Waals surface area (Å²) in [6.45, 7) is 0. The molecule has 0 unspecified atom stereocenters. The minimum absolute atomic E-state index is 1.12. The lowest BCUT2D eigenvalue weighted by Crippen LogP contribution is -1.59. The number of hydrogen-bond acceptors (Lipinski definition) is 0. The van der Waals surface area contributed by atoms with Gasteiger partial charge in [-0.1, -0.05) is 28.1 Å². The van der Waals surface area contributed by atoms with E-state index in [4.69, 9.17) is 0 Å². The SMILES string of the molecule is BrC1=C(Br)C=C[CH]1. The summed E-state index contributed by atoms with van der Waals surface area (Å²) < 4.78 is 2.24. The predicted octanol–water partition coefficient (Wildman–Crippen LogP) is 2.76. The van der Waals surface area contributed by atoms with E-state index in [1.807, 2.05) is 18.6 Å². The van der Waals surface area contributed by atoms with Gasteiger partial charge in [-0.05, 0) is 15.9 Å². The largest absolute Gasteiger partial charge is 0.0743 e. The molecule has 1 radical (unpaired) electrons. The molecule has 2 heteroatoms. The first-order chi connectivity index (χ1) is 3.30. The van der Waals surface area contributed by atoms with Crippen molar-refractivity contribution in [3.05, 3.63) is 27.5 Å². The fraction of sp³-hybridized carbons (Fsp3) is 0. The highest BCUT2D eigenvalue weighted by Crippen LogP contribution is 2.26. The van der Waals surface area contributed by atoms with Gasteiger partial charge in [-0.2, -0.15) is 0 Å². The first-order valence-corrected chi connectivity index (χ1v) is 3.46. The second-order valence-electron chi connectivity index (χ2n) is 1.22. The van der Waals surface area contributed by atoms with Crippen molar-refractivity contribution in [3.8, 4) is 0 Å². The Morgan fingerprint density at radius 1 is 1.14 bits per heavy atom. The maximum absolute atomic E-state index is 3.32. The molecule has 1 aliphatic rings. The van der Waals surface area contributed by atoms with E-state index in [9.17, 15) is 0 Å². The molecule has 0 saturated carbocycles. The third-order valence-electron chi connectivity index (χ3n) is 0.713. The maximum Gasteiger partial charge on any atom is 0.0280 e. The smallest absolute Gasteiger partial charge is 0.0280 e. The molecule has 0 N–H and O–H groups in total. The first-order valence-electron chi connectivity index (χ1n) is 1.87. The summed E-state index contributed by atoms with van der Waals surface area (Å²) in [5, 5.41) is 0. The van der Waals surface area contributed by atoms with Crippen LogP contribution in [0.5, 0.6) is 0 Å². The fourth-order valence-electron chi connectivity index (χ4n) is 0.376. The normalized spacial score (nSPS) is 19.1. The van der Waals surface area contributed by atoms with Crippen molar-refractivity contribution < 1.29 is 0 Å². The summed E-state index contributed by atoms with van der Waals surface area (Å²) in [6, 6.07) is 0. The Hall–Kier alpha value is 0.440. The number of allylic oxidation sites excluding steroid dienone is 4. The number of halogens is 2. The van der Waals surface area contributed by atoms with Gasteiger partial charge < -0.3 is 0 Å². The molecule has 37 valence electrons. The van der Waals surface area contributed by atoms with Crippen LogP contribution < -0.4 is 0 Å². The van der Waals surface area contributed by atoms with E-state index in [1.165, 1.54) is 0 Å². The van der Waals surface area contributed by atoms with Crippen LogP contribution in [0.25, 0.3) is 0 Å². The fourth-order valence-corrected chi connectivity index (χ4v) is 0.946. The van der Waals surface area contributed by atoms with Crippen molar-refractivity contribution >= 4 is 31.9 Å². The average Bonchev–Trinajstić information content (AvgIpc) is 1.91. The van der Waals surface area contributed by atoms with E-state index in [1.54, 1.807) is 0 Å². The Morgan fingerprint density at radius 3 is 2.00 bits per heavy atom. The first kappa shape index (κ1) is 5.57. The van der Waals surface area contributed by atoms with Crippen LogP contribution in [0.2, 0.25) is 0 Å². The Kier molecular flexibility index (Phi) is 1.70. The van der Waals surface area contributed by atoms with Gasteiger partial charge in [0.15, 0.2) is 0 Å². The molecule has 0 aromatic heterocycles. The molecule has 0 aromatic carbocycles. The third kappa shape index (κ3) is 1.16. The molecule has 0 spiro atoms. The van der Waals surface area contributed by atoms with E-state index < -0.39 is 0 Å². The molecular formula is C5H3Br2. The van der Waals surface area contributed by atoms with Crippen molar-refractivity contribution in [1.82, 2.24) is 0 Å². The van der Waals surface area contributed by atoms with E-state index >= 15 is 0 Å². The van der Waals surface area contributed by atoms with Crippen molar-refractivity contribution in [3.63, 3.8) is 0 Å². The molecule has 0 saturated heterocycles. The van der Waals surface area contributed by atoms with Gasteiger partial charge in [0, 0.05) is 15.4 Å². The average molecular weight is 223 g/mol. The van der Waals surface area contributed by atoms with Crippen LogP contribution in [0.15, 0.2) is 21.1 Å². The van der Waals surface area contributed by atoms with Crippen LogP contribution in [-0.2, 0) is 0 Å². The van der Waals surface area contributed by atoms with Gasteiger partial charge in [-0.25, -0.2) is 0 Å². The van der Waals surface area contributed by atoms with E-state index in [0.717, 1.165) is 8.96 Å². The van der Waals surface area contributed by atoms with E-state index in [0.29, 0.717) is 0 Å². The Labute approximate surface area is 59.5 Å². The molecule has 1 aliphatic carbocycles. The second-order valence-corrected chi connectivity index (χ2v) is 2.93. The summed E-state index contributed by atoms with van der Waals surface area (Å²) in [6.07, 6.45) is 5.96. The number of rotatable bonds is 0. The summed E-state index contributed by atoms with van der Waals surface area (Å²) in [4.78, 5) is 0. The van der Waals surface area contributed by atoms with Crippen LogP contribution in [0, 0.1) is 6.42 Å². The molecule has 0 atom stereocenters. The predicted molar refractivity (Wildman–Crippen MR) is 38.3 cm³/mol. The lowest BCUT2D eigenvalue weighted by atomic mass is 10.5. The van der Waals surface area contributed by atoms with Crippen molar-refractivity contribution in [2.75, 3.05) is 0 Å². The highest BCUT2D eigenvalue weighted by atomic mass is 79.9. The Bertz CT molecular complexity index is 133. The molecular weight excluding hydrogens is 220 g/mol. The topological polar surface area (TPSA) is 0 Å². The lowest BCUT2D eigenvalue weighted by molar-refractivity contribution is 1.83. The molecule has 0 amide bonds. The van der Waals surface area contributed by atoms with E-state index in [-0.39, 0.29) is 0 Å². The Morgan fingerprint density at radius 2 is 1.86 bits per heavy atom. The summed E-state index contributed by atoms with van der Waals surface area (Å²) >= 11 is 6.64. The lowest BCUT2D eigenvalue weighted by Gasteiger charge is -1.82. The molecule has 0 heterocycles. The summed E-state index contributed by atoms with van der Waals surface area (Å²) in [5.74, 6) is 0. The molecule has 0 nitrogen and oxygen atoms in total. The van der Waals surface area contributed by atoms with Gasteiger partial charge in [0.05, 0.1) is 0 Å². The highest BCUT2D eigenvalue weighted by molar-refractivity contribution is 9.14. The molecule has 7 heavy (non-hydrogen) atoms. The molecule has 0 aromatic rings. The van der Waals surface area contributed by atoms with Crippen LogP contribution in [-0.4, -0.2) is 0 Å². The molecule has 0 aliphatic heterocycles. The monoisotopic (exact) mass is 221 g/mol. The van der Waals surface area contributed by atoms with Crippen LogP contribution >= 0.6 is 31.9 Å². The van der Waals surface area contributed by atoms with Crippen molar-refractivity contribution in [1.29, 1.82) is 0 Å². The van der Waals surface area contributed by atoms with E-state index in [2.05, 4.69) is 31.9 Å². The standard InChI is InChI=1S/C5H3Br2/c6-4-2-1-3-5(4)7/h1-3H. The van der Waals surface area contributed by atoms with Crippen LogP contribution in [0.4, 0.5) is 0 Å². The van der Waals surface area contributed by atoms with Gasteiger partial charge in [0.1, 0.15) is 0 Å². The maximum atomic E-state index is 3.32. The minimum Gasteiger partial charge on any atom is -0.0743 e. The zero-order chi connectivity index (χ0) is 5.28. The quantitative estimate of drug-likeness (QED) is 0.592. The zero-order valence-electron chi connectivity index (χ0n) is 3.49. The highest BCUT2D eigenvalue weighted by Gasteiger charge is 2.00. The van der Waals surface area contributed by atoms with Crippen LogP contribution in [0.3, 0.4) is 0 Å². The van der Waals surface area contributed by atoms with Gasteiger partial charge in [-0.15, -0.1) is 0 Å². The Balaban J connectivity index is 2.79. The van der Waals surface area contributed by atoms with Gasteiger partial charge in [0.2, 0.25) is 0 Å². The van der Waals surface area contributed by atoms with Crippen molar-refractivity contribution in [2.45, 2.75) is 0 Å². The molecule has 0 bridgehead atoms. The third-order valence-corrected chi connectivity index (χ3v) is 2.63. The van der Waals surface area contributed by atoms with Crippen LogP contribution in [0.1, 0.15) is 0 Å². The molecule has 0 fully saturated rings. The van der Waals surface area contributed by atoms with Gasteiger partial charge in [0.25, 0.3) is 0 Å². The molecule has 1 rings (SSSR count). The minimum atomic E-state index is 1.12. The second kappa shape index (κ2) is 2.14. The summed E-state index contributed by atoms with van der Waals surface area (Å²) in [7, 11) is 0. The number of hydrogen-bond donors (Lipinski definition) is 0. The zero-order valence-corrected chi connectivity index (χ0v) is 6.66. The van der Waals surface area contributed by atoms with Gasteiger partial charge >= 0.3 is 0 Å². The van der Waals surface area contributed by atoms with Gasteiger partial charge in [-0.3, -0.25) is 0 Å².